The number of nitrogens with zero attached hydrogens (tertiary/aromatic N) is 3. The van der Waals surface area contributed by atoms with Crippen LogP contribution in [0.2, 0.25) is 0 Å². The van der Waals surface area contributed by atoms with Gasteiger partial charge in [-0.2, -0.15) is 13.2 Å². The molecule has 1 aromatic carbocycles. The summed E-state index contributed by atoms with van der Waals surface area (Å²) in [5.74, 6) is -2.93. The van der Waals surface area contributed by atoms with Gasteiger partial charge in [-0.3, -0.25) is 24.1 Å². The summed E-state index contributed by atoms with van der Waals surface area (Å²) in [7, 11) is -4.18. The second kappa shape index (κ2) is 18.5. The zero-order valence-electron chi connectivity index (χ0n) is 38.4. The largest absolute Gasteiger partial charge is 0.490 e. The Morgan fingerprint density at radius 1 is 0.971 bits per heavy atom. The standard InChI is InChI=1S/C48H57F3N6O10S/c1-44(2,3)67-43(61)54-36-13-9-7-5-6-8-11-30-12-10-19-47(30,42(60)56-68(62,63)45(4)21-22-45)55-40(58)37-28-46(29-57(37)41(36)59)20-16-33-34-27-32(65-26-25-64-31-17-23-52-24-18-31)14-15-35(34)53-39(38(33)66-46)48(49,50)51/h8,10-12,14-15,17-18,23-24,27,30,36-37H,5-7,9,13,16,19-22,25-26,28-29H2,1-4H3,(H,54,61)(H,55,58)(H,56,60). The van der Waals surface area contributed by atoms with Crippen molar-refractivity contribution in [3.63, 3.8) is 0 Å². The molecule has 1 saturated carbocycles. The number of ether oxygens (including phenoxy) is 4. The Balaban J connectivity index is 1.15. The number of hydrogen-bond donors (Lipinski definition) is 3. The number of benzene rings is 1. The number of allylic oxidation sites excluding steroid dienone is 1. The average molecular weight is 967 g/mol. The quantitative estimate of drug-likeness (QED) is 0.153. The van der Waals surface area contributed by atoms with Crippen LogP contribution in [0.1, 0.15) is 103 Å². The molecule has 2 aromatic heterocycles. The van der Waals surface area contributed by atoms with E-state index in [1.165, 1.54) is 24.0 Å². The third-order valence-electron chi connectivity index (χ3n) is 13.3. The highest BCUT2D eigenvalue weighted by molar-refractivity contribution is 7.91. The van der Waals surface area contributed by atoms with E-state index < -0.39 is 90.9 Å². The number of hydrogen-bond acceptors (Lipinski definition) is 12. The third kappa shape index (κ3) is 10.2. The first-order chi connectivity index (χ1) is 32.1. The Hall–Kier alpha value is -5.92. The maximum Gasteiger partial charge on any atom is 0.437 e. The molecule has 5 heterocycles. The molecule has 2 fully saturated rings. The summed E-state index contributed by atoms with van der Waals surface area (Å²) in [6.07, 6.45) is 7.14. The van der Waals surface area contributed by atoms with Crippen molar-refractivity contribution < 1.29 is 59.7 Å². The lowest BCUT2D eigenvalue weighted by atomic mass is 9.83. The van der Waals surface area contributed by atoms with E-state index in [1.807, 2.05) is 6.08 Å². The number of rotatable bonds is 9. The minimum atomic E-state index is -4.98. The number of halogens is 3. The summed E-state index contributed by atoms with van der Waals surface area (Å²) in [5.41, 5.74) is -5.39. The van der Waals surface area contributed by atoms with E-state index in [0.717, 1.165) is 0 Å². The lowest BCUT2D eigenvalue weighted by molar-refractivity contribution is -0.144. The van der Waals surface area contributed by atoms with Crippen LogP contribution in [0.5, 0.6) is 17.2 Å². The highest BCUT2D eigenvalue weighted by atomic mass is 32.2. The molecule has 20 heteroatoms. The highest BCUT2D eigenvalue weighted by Gasteiger charge is 2.58. The molecule has 5 unspecified atom stereocenters. The van der Waals surface area contributed by atoms with Crippen molar-refractivity contribution in [2.24, 2.45) is 5.92 Å². The van der Waals surface area contributed by atoms with E-state index >= 15 is 18.0 Å². The van der Waals surface area contributed by atoms with E-state index in [2.05, 4.69) is 25.3 Å². The first-order valence-electron chi connectivity index (χ1n) is 23.0. The van der Waals surface area contributed by atoms with Crippen LogP contribution in [0.4, 0.5) is 18.0 Å². The molecule has 3 aromatic rings. The third-order valence-corrected chi connectivity index (χ3v) is 15.5. The van der Waals surface area contributed by atoms with Gasteiger partial charge in [0.05, 0.1) is 16.8 Å². The first kappa shape index (κ1) is 48.5. The highest BCUT2D eigenvalue weighted by Crippen LogP contribution is 2.49. The molecule has 5 aliphatic rings. The van der Waals surface area contributed by atoms with Gasteiger partial charge in [-0.25, -0.2) is 18.2 Å². The lowest BCUT2D eigenvalue weighted by Gasteiger charge is -2.37. The van der Waals surface area contributed by atoms with Crippen molar-refractivity contribution in [1.82, 2.24) is 30.2 Å². The fraction of sp³-hybridized carbons (Fsp3) is 0.542. The summed E-state index contributed by atoms with van der Waals surface area (Å²) in [4.78, 5) is 66.9. The fourth-order valence-electron chi connectivity index (χ4n) is 9.36. The Morgan fingerprint density at radius 3 is 2.40 bits per heavy atom. The van der Waals surface area contributed by atoms with Gasteiger partial charge in [-0.1, -0.05) is 37.1 Å². The van der Waals surface area contributed by atoms with Crippen LogP contribution in [0, 0.1) is 5.92 Å². The number of fused-ring (bicyclic) bond motifs is 5. The Bertz CT molecular complexity index is 2620. The smallest absolute Gasteiger partial charge is 0.437 e. The predicted molar refractivity (Wildman–Crippen MR) is 242 cm³/mol. The van der Waals surface area contributed by atoms with Gasteiger partial charge in [0.15, 0.2) is 11.4 Å². The van der Waals surface area contributed by atoms with E-state index in [-0.39, 0.29) is 62.9 Å². The molecule has 16 nitrogen and oxygen atoms in total. The summed E-state index contributed by atoms with van der Waals surface area (Å²) in [6.45, 7) is 6.43. The van der Waals surface area contributed by atoms with Gasteiger partial charge < -0.3 is 34.5 Å². The molecule has 366 valence electrons. The number of aromatic nitrogens is 2. The molecule has 1 saturated heterocycles. The minimum absolute atomic E-state index is 0.0156. The predicted octanol–water partition coefficient (Wildman–Crippen LogP) is 6.61. The van der Waals surface area contributed by atoms with E-state index in [9.17, 15) is 22.8 Å². The number of nitrogens with one attached hydrogen (secondary N) is 3. The SMILES string of the molecule is CC(C)(C)OC(=O)NC1CCCCCC=CC2C=CCC2(C(=O)NS(=O)(=O)C2(C)CC2)NC(=O)C2CC3(CCc4c(c(C(F)(F)F)nc5ccc(OCCOc6ccncc6)cc45)O3)CN2C1=O. The zero-order valence-corrected chi connectivity index (χ0v) is 39.3. The van der Waals surface area contributed by atoms with Crippen molar-refractivity contribution in [2.45, 2.75) is 138 Å². The average Bonchev–Trinajstić information content (AvgIpc) is 3.76. The summed E-state index contributed by atoms with van der Waals surface area (Å²) in [6, 6.07) is 5.24. The fourth-order valence-corrected chi connectivity index (χ4v) is 10.7. The second-order valence-corrected chi connectivity index (χ2v) is 21.8. The van der Waals surface area contributed by atoms with Crippen LogP contribution in [-0.2, 0) is 41.7 Å². The van der Waals surface area contributed by atoms with Crippen LogP contribution in [-0.4, -0.2) is 100 Å². The van der Waals surface area contributed by atoms with Crippen LogP contribution in [0.25, 0.3) is 10.9 Å². The Labute approximate surface area is 392 Å². The number of carbonyl (C=O) groups excluding carboxylic acids is 4. The van der Waals surface area contributed by atoms with Crippen LogP contribution in [0.15, 0.2) is 67.0 Å². The first-order valence-corrected chi connectivity index (χ1v) is 24.5. The van der Waals surface area contributed by atoms with Crippen molar-refractivity contribution in [1.29, 1.82) is 0 Å². The molecule has 5 atom stereocenters. The normalized spacial score (nSPS) is 26.0. The molecule has 1 spiro atoms. The molecule has 0 bridgehead atoms. The number of amides is 4. The Kier molecular flexibility index (Phi) is 13.2. The number of pyridine rings is 2. The number of aryl methyl sites for hydroxylation is 1. The molecule has 2 aliphatic carbocycles. The zero-order chi connectivity index (χ0) is 48.7. The van der Waals surface area contributed by atoms with Crippen LogP contribution in [0.3, 0.4) is 0 Å². The summed E-state index contributed by atoms with van der Waals surface area (Å²) < 4.78 is 96.9. The van der Waals surface area contributed by atoms with Gasteiger partial charge in [-0.15, -0.1) is 0 Å². The molecule has 8 rings (SSSR count). The number of alkyl carbamates (subject to hydrolysis) is 1. The molecular weight excluding hydrogens is 910 g/mol. The maximum atomic E-state index is 15.1. The van der Waals surface area contributed by atoms with E-state index in [0.29, 0.717) is 55.4 Å². The van der Waals surface area contributed by atoms with Crippen molar-refractivity contribution in [2.75, 3.05) is 19.8 Å². The minimum Gasteiger partial charge on any atom is -0.490 e. The summed E-state index contributed by atoms with van der Waals surface area (Å²) in [5, 5.41) is 5.90. The topological polar surface area (TPSA) is 204 Å². The van der Waals surface area contributed by atoms with Gasteiger partial charge in [0, 0.05) is 35.7 Å². The van der Waals surface area contributed by atoms with Gasteiger partial charge in [0.25, 0.3) is 5.91 Å². The van der Waals surface area contributed by atoms with Gasteiger partial charge in [0.2, 0.25) is 21.8 Å². The molecule has 68 heavy (non-hydrogen) atoms. The number of carbonyl (C=O) groups is 4. The van der Waals surface area contributed by atoms with Crippen molar-refractivity contribution >= 4 is 44.7 Å². The Morgan fingerprint density at radius 2 is 1.69 bits per heavy atom. The van der Waals surface area contributed by atoms with Crippen molar-refractivity contribution in [3.05, 3.63) is 78.3 Å². The number of sulfonamides is 1. The number of alkyl halides is 3. The second-order valence-electron chi connectivity index (χ2n) is 19.6. The van der Waals surface area contributed by atoms with Crippen molar-refractivity contribution in [3.8, 4) is 17.2 Å². The van der Waals surface area contributed by atoms with Gasteiger partial charge in [-0.05, 0) is 109 Å². The lowest BCUT2D eigenvalue weighted by Crippen LogP contribution is -2.65. The van der Waals surface area contributed by atoms with E-state index in [1.54, 1.807) is 69.6 Å². The summed E-state index contributed by atoms with van der Waals surface area (Å²) >= 11 is 0. The molecule has 3 N–H and O–H groups in total. The molecular formula is C48H57F3N6O10S. The van der Waals surface area contributed by atoms with Crippen LogP contribution < -0.4 is 29.6 Å². The molecule has 4 amide bonds. The van der Waals surface area contributed by atoms with Gasteiger partial charge in [0.1, 0.15) is 53.5 Å². The van der Waals surface area contributed by atoms with E-state index in [4.69, 9.17) is 18.9 Å². The van der Waals surface area contributed by atoms with Gasteiger partial charge >= 0.3 is 12.3 Å². The van der Waals surface area contributed by atoms with Crippen LogP contribution >= 0.6 is 0 Å². The molecule has 3 aliphatic heterocycles. The molecule has 0 radical (unpaired) electrons. The maximum absolute atomic E-state index is 15.1. The monoisotopic (exact) mass is 966 g/mol.